The van der Waals surface area contributed by atoms with Crippen molar-refractivity contribution in [1.82, 2.24) is 0 Å². The molecule has 1 aromatic heterocycles. The van der Waals surface area contributed by atoms with Gasteiger partial charge in [-0.25, -0.2) is 0 Å². The second-order valence-electron chi connectivity index (χ2n) is 13.4. The van der Waals surface area contributed by atoms with E-state index >= 15 is 0 Å². The van der Waals surface area contributed by atoms with Gasteiger partial charge in [0.2, 0.25) is 0 Å². The Morgan fingerprint density at radius 2 is 0.980 bits per heavy atom. The third-order valence-corrected chi connectivity index (χ3v) is 12.7. The molecule has 0 saturated carbocycles. The molecule has 0 aliphatic rings. The Labute approximate surface area is 293 Å². The first-order valence-corrected chi connectivity index (χ1v) is 18.6. The first-order chi connectivity index (χ1) is 24.0. The Hall–Kier alpha value is -5.40. The molecule has 0 saturated heterocycles. The van der Waals surface area contributed by atoms with Crippen molar-refractivity contribution in [2.45, 2.75) is 19.3 Å². The van der Waals surface area contributed by atoms with Crippen LogP contribution in [0.5, 0.6) is 0 Å². The SMILES string of the molecule is CC(C)(c1ccccc1)c1ccc(N(c2ccc(-c3ccccc3)cc2)c2ccc3c(c2)[se]c2c3ccc3ccc4ccccc4c32)cc1. The maximum absolute atomic E-state index is 2.44. The van der Waals surface area contributed by atoms with Gasteiger partial charge in [-0.15, -0.1) is 0 Å². The fourth-order valence-electron chi connectivity index (χ4n) is 7.38. The van der Waals surface area contributed by atoms with E-state index < -0.39 is 0 Å². The Bertz CT molecular complexity index is 2600. The number of hydrogen-bond donors (Lipinski definition) is 0. The van der Waals surface area contributed by atoms with Gasteiger partial charge in [0.15, 0.2) is 0 Å². The summed E-state index contributed by atoms with van der Waals surface area (Å²) in [6, 6.07) is 64.7. The predicted molar refractivity (Wildman–Crippen MR) is 212 cm³/mol. The maximum atomic E-state index is 2.44. The molecule has 0 fully saturated rings. The Kier molecular flexibility index (Phi) is 7.24. The molecule has 49 heavy (non-hydrogen) atoms. The quantitative estimate of drug-likeness (QED) is 0.124. The van der Waals surface area contributed by atoms with Gasteiger partial charge in [-0.3, -0.25) is 0 Å². The summed E-state index contributed by atoms with van der Waals surface area (Å²) in [5, 5.41) is 8.15. The van der Waals surface area contributed by atoms with Gasteiger partial charge in [0.25, 0.3) is 0 Å². The van der Waals surface area contributed by atoms with Crippen LogP contribution in [0.1, 0.15) is 25.0 Å². The van der Waals surface area contributed by atoms with E-state index in [2.05, 4.69) is 195 Å². The van der Waals surface area contributed by atoms with Crippen LogP contribution in [0.15, 0.2) is 176 Å². The summed E-state index contributed by atoms with van der Waals surface area (Å²) in [6.45, 7) is 4.62. The van der Waals surface area contributed by atoms with E-state index in [4.69, 9.17) is 0 Å². The molecule has 234 valence electrons. The second kappa shape index (κ2) is 11.9. The van der Waals surface area contributed by atoms with E-state index in [0.29, 0.717) is 0 Å². The Morgan fingerprint density at radius 1 is 0.429 bits per heavy atom. The molecule has 0 aliphatic heterocycles. The second-order valence-corrected chi connectivity index (χ2v) is 15.6. The Balaban J connectivity index is 1.19. The average molecular weight is 693 g/mol. The predicted octanol–water partition coefficient (Wildman–Crippen LogP) is 12.8. The summed E-state index contributed by atoms with van der Waals surface area (Å²) in [7, 11) is 0. The number of anilines is 3. The van der Waals surface area contributed by atoms with Crippen molar-refractivity contribution in [2.24, 2.45) is 0 Å². The van der Waals surface area contributed by atoms with Crippen molar-refractivity contribution in [3.63, 3.8) is 0 Å². The van der Waals surface area contributed by atoms with Gasteiger partial charge < -0.3 is 0 Å². The van der Waals surface area contributed by atoms with Crippen molar-refractivity contribution < 1.29 is 0 Å². The summed E-state index contributed by atoms with van der Waals surface area (Å²) in [5.74, 6) is 0. The summed E-state index contributed by atoms with van der Waals surface area (Å²) in [6.07, 6.45) is 0. The van der Waals surface area contributed by atoms with Crippen LogP contribution in [0.3, 0.4) is 0 Å². The van der Waals surface area contributed by atoms with Gasteiger partial charge in [-0.2, -0.15) is 0 Å². The third kappa shape index (κ3) is 5.16. The van der Waals surface area contributed by atoms with Gasteiger partial charge in [-0.05, 0) is 0 Å². The first-order valence-electron chi connectivity index (χ1n) is 16.9. The van der Waals surface area contributed by atoms with E-state index in [1.807, 2.05) is 0 Å². The summed E-state index contributed by atoms with van der Waals surface area (Å²) >= 11 is 0.191. The van der Waals surface area contributed by atoms with Crippen LogP contribution < -0.4 is 4.90 Å². The van der Waals surface area contributed by atoms with Gasteiger partial charge in [0.05, 0.1) is 0 Å². The molecule has 0 radical (unpaired) electrons. The van der Waals surface area contributed by atoms with Gasteiger partial charge in [-0.1, -0.05) is 6.07 Å². The monoisotopic (exact) mass is 693 g/mol. The van der Waals surface area contributed by atoms with Crippen LogP contribution in [-0.2, 0) is 5.41 Å². The molecule has 0 N–H and O–H groups in total. The summed E-state index contributed by atoms with van der Waals surface area (Å²) in [5.41, 5.74) is 8.45. The molecule has 0 aliphatic carbocycles. The molecule has 2 heteroatoms. The molecule has 9 rings (SSSR count). The van der Waals surface area contributed by atoms with Crippen molar-refractivity contribution in [3.8, 4) is 11.1 Å². The van der Waals surface area contributed by atoms with Crippen LogP contribution in [0.25, 0.3) is 52.0 Å². The van der Waals surface area contributed by atoms with E-state index in [9.17, 15) is 0 Å². The molecular formula is C47H35NSe. The topological polar surface area (TPSA) is 3.24 Å². The van der Waals surface area contributed by atoms with Crippen LogP contribution in [0.2, 0.25) is 0 Å². The number of hydrogen-bond acceptors (Lipinski definition) is 1. The van der Waals surface area contributed by atoms with Crippen LogP contribution in [-0.4, -0.2) is 14.5 Å². The molecule has 1 nitrogen and oxygen atoms in total. The first kappa shape index (κ1) is 29.7. The zero-order chi connectivity index (χ0) is 33.0. The molecule has 9 aromatic rings. The van der Waals surface area contributed by atoms with E-state index in [1.54, 1.807) is 0 Å². The minimum absolute atomic E-state index is 0.100. The molecule has 0 unspecified atom stereocenters. The number of fused-ring (bicyclic) bond motifs is 7. The van der Waals surface area contributed by atoms with Crippen molar-refractivity contribution in [1.29, 1.82) is 0 Å². The molecule has 0 amide bonds. The Morgan fingerprint density at radius 3 is 1.73 bits per heavy atom. The number of benzene rings is 8. The van der Waals surface area contributed by atoms with Gasteiger partial charge >= 0.3 is 289 Å². The van der Waals surface area contributed by atoms with Gasteiger partial charge in [0, 0.05) is 0 Å². The molecule has 1 heterocycles. The minimum atomic E-state index is -0.100. The normalized spacial score (nSPS) is 11.9. The standard InChI is InChI=1S/C47H35NSe/c1-47(2,36-14-7-4-8-15-36)37-22-26-39(27-23-37)48(38-24-19-33(20-25-38)32-11-5-3-6-12-32)40-28-30-42-43-29-21-35-18-17-34-13-9-10-16-41(34)45(35)46(43)49-44(42)31-40/h3-31H,1-2H3. The molecule has 8 aromatic carbocycles. The summed E-state index contributed by atoms with van der Waals surface area (Å²) < 4.78 is 2.94. The van der Waals surface area contributed by atoms with Crippen molar-refractivity contribution >= 4 is 72.4 Å². The molecular weight excluding hydrogens is 657 g/mol. The zero-order valence-corrected chi connectivity index (χ0v) is 29.3. The molecule has 0 bridgehead atoms. The van der Waals surface area contributed by atoms with Crippen molar-refractivity contribution in [2.75, 3.05) is 4.90 Å². The van der Waals surface area contributed by atoms with Crippen LogP contribution in [0.4, 0.5) is 17.1 Å². The number of rotatable bonds is 6. The van der Waals surface area contributed by atoms with Crippen molar-refractivity contribution in [3.05, 3.63) is 187 Å². The zero-order valence-electron chi connectivity index (χ0n) is 27.6. The number of nitrogens with zero attached hydrogens (tertiary/aromatic N) is 1. The van der Waals surface area contributed by atoms with Crippen LogP contribution >= 0.6 is 0 Å². The fourth-order valence-corrected chi connectivity index (χ4v) is 10.1. The average Bonchev–Trinajstić information content (AvgIpc) is 3.54. The van der Waals surface area contributed by atoms with E-state index in [-0.39, 0.29) is 19.9 Å². The van der Waals surface area contributed by atoms with E-state index in [1.165, 1.54) is 68.8 Å². The molecule has 0 spiro atoms. The molecule has 0 atom stereocenters. The fraction of sp³-hybridized carbons (Fsp3) is 0.0638. The van der Waals surface area contributed by atoms with Crippen LogP contribution in [0, 0.1) is 0 Å². The van der Waals surface area contributed by atoms with Gasteiger partial charge in [0.1, 0.15) is 0 Å². The third-order valence-electron chi connectivity index (χ3n) is 10.2. The van der Waals surface area contributed by atoms with E-state index in [0.717, 1.165) is 11.4 Å². The summed E-state index contributed by atoms with van der Waals surface area (Å²) in [4.78, 5) is 2.42.